The van der Waals surface area contributed by atoms with Crippen LogP contribution in [0.3, 0.4) is 0 Å². The molecule has 1 aromatic carbocycles. The lowest BCUT2D eigenvalue weighted by molar-refractivity contribution is 0.0595. The number of carbonyl (C=O) groups excluding carboxylic acids is 1. The fourth-order valence-electron chi connectivity index (χ4n) is 1.60. The number of hydrogen-bond donors (Lipinski definition) is 0. The molecule has 4 heteroatoms. The molecule has 2 aromatic rings. The van der Waals surface area contributed by atoms with Gasteiger partial charge in [0.15, 0.2) is 5.69 Å². The van der Waals surface area contributed by atoms with Crippen LogP contribution in [0.1, 0.15) is 35.3 Å². The Morgan fingerprint density at radius 3 is 2.50 bits per heavy atom. The molecule has 0 spiro atoms. The Morgan fingerprint density at radius 1 is 1.28 bits per heavy atom. The van der Waals surface area contributed by atoms with Crippen LogP contribution in [-0.2, 0) is 4.74 Å². The Hall–Kier alpha value is -1.68. The summed E-state index contributed by atoms with van der Waals surface area (Å²) in [6.07, 6.45) is 0. The molecule has 0 aliphatic heterocycles. The molecule has 0 unspecified atom stereocenters. The predicted molar refractivity (Wildman–Crippen MR) is 73.0 cm³/mol. The van der Waals surface area contributed by atoms with Crippen molar-refractivity contribution < 1.29 is 9.53 Å². The maximum Gasteiger partial charge on any atom is 0.358 e. The van der Waals surface area contributed by atoms with Gasteiger partial charge in [0.05, 0.1) is 17.0 Å². The van der Waals surface area contributed by atoms with E-state index in [9.17, 15) is 4.79 Å². The summed E-state index contributed by atoms with van der Waals surface area (Å²) >= 11 is 1.55. The molecule has 94 valence electrons. The molecule has 1 heterocycles. The van der Waals surface area contributed by atoms with Crippen molar-refractivity contribution in [2.75, 3.05) is 7.11 Å². The third-order valence-electron chi connectivity index (χ3n) is 2.55. The average Bonchev–Trinajstić information content (AvgIpc) is 2.84. The zero-order chi connectivity index (χ0) is 13.1. The maximum atomic E-state index is 11.8. The lowest BCUT2D eigenvalue weighted by atomic mass is 10.1. The molecule has 2 rings (SSSR count). The van der Waals surface area contributed by atoms with Crippen LogP contribution >= 0.6 is 11.3 Å². The molecule has 0 aliphatic carbocycles. The number of aromatic nitrogens is 1. The van der Waals surface area contributed by atoms with E-state index in [0.29, 0.717) is 11.6 Å². The number of esters is 1. The van der Waals surface area contributed by atoms with Gasteiger partial charge in [-0.2, -0.15) is 0 Å². The first-order valence-corrected chi connectivity index (χ1v) is 6.59. The van der Waals surface area contributed by atoms with Crippen LogP contribution in [-0.4, -0.2) is 18.1 Å². The minimum absolute atomic E-state index is 0.302. The zero-order valence-corrected chi connectivity index (χ0v) is 11.5. The lowest BCUT2D eigenvalue weighted by Gasteiger charge is -1.99. The molecule has 0 saturated heterocycles. The molecule has 0 bridgehead atoms. The Labute approximate surface area is 110 Å². The largest absolute Gasteiger partial charge is 0.464 e. The van der Waals surface area contributed by atoms with Crippen LogP contribution in [0.25, 0.3) is 10.4 Å². The smallest absolute Gasteiger partial charge is 0.358 e. The van der Waals surface area contributed by atoms with Crippen molar-refractivity contribution in [2.24, 2.45) is 0 Å². The van der Waals surface area contributed by atoms with Crippen LogP contribution in [0.5, 0.6) is 0 Å². The fourth-order valence-corrected chi connectivity index (χ4v) is 2.67. The Kier molecular flexibility index (Phi) is 3.77. The van der Waals surface area contributed by atoms with E-state index in [1.165, 1.54) is 7.11 Å². The van der Waals surface area contributed by atoms with Crippen LogP contribution in [0.4, 0.5) is 0 Å². The van der Waals surface area contributed by atoms with Crippen LogP contribution in [0.15, 0.2) is 30.3 Å². The van der Waals surface area contributed by atoms with Gasteiger partial charge in [0.2, 0.25) is 0 Å². The number of hydrogen-bond acceptors (Lipinski definition) is 4. The Morgan fingerprint density at radius 2 is 1.94 bits per heavy atom. The molecule has 0 atom stereocenters. The van der Waals surface area contributed by atoms with Gasteiger partial charge in [-0.15, -0.1) is 11.3 Å². The highest BCUT2D eigenvalue weighted by atomic mass is 32.1. The molecule has 0 aliphatic rings. The maximum absolute atomic E-state index is 11.8. The number of nitrogens with zero attached hydrogens (tertiary/aromatic N) is 1. The molecule has 0 amide bonds. The summed E-state index contributed by atoms with van der Waals surface area (Å²) in [5.41, 5.74) is 1.42. The SMILES string of the molecule is COC(=O)c1nc(C(C)C)sc1-c1ccccc1. The van der Waals surface area contributed by atoms with Gasteiger partial charge in [-0.3, -0.25) is 0 Å². The van der Waals surface area contributed by atoms with Crippen molar-refractivity contribution in [3.63, 3.8) is 0 Å². The van der Waals surface area contributed by atoms with Gasteiger partial charge in [-0.05, 0) is 5.56 Å². The zero-order valence-electron chi connectivity index (χ0n) is 10.6. The van der Waals surface area contributed by atoms with Crippen molar-refractivity contribution in [1.29, 1.82) is 0 Å². The van der Waals surface area contributed by atoms with Gasteiger partial charge in [0.25, 0.3) is 0 Å². The number of rotatable bonds is 3. The van der Waals surface area contributed by atoms with Gasteiger partial charge in [-0.25, -0.2) is 9.78 Å². The molecule has 0 radical (unpaired) electrons. The van der Waals surface area contributed by atoms with E-state index in [1.807, 2.05) is 30.3 Å². The Balaban J connectivity index is 2.54. The van der Waals surface area contributed by atoms with Crippen molar-refractivity contribution in [3.05, 3.63) is 41.0 Å². The number of benzene rings is 1. The van der Waals surface area contributed by atoms with E-state index in [0.717, 1.165) is 15.4 Å². The number of methoxy groups -OCH3 is 1. The third-order valence-corrected chi connectivity index (χ3v) is 3.96. The Bertz CT molecular complexity index is 546. The summed E-state index contributed by atoms with van der Waals surface area (Å²) in [5, 5.41) is 0.953. The normalized spacial score (nSPS) is 10.7. The summed E-state index contributed by atoms with van der Waals surface area (Å²) in [7, 11) is 1.38. The quantitative estimate of drug-likeness (QED) is 0.790. The van der Waals surface area contributed by atoms with Gasteiger partial charge >= 0.3 is 5.97 Å². The van der Waals surface area contributed by atoms with Gasteiger partial charge in [0.1, 0.15) is 0 Å². The highest BCUT2D eigenvalue weighted by molar-refractivity contribution is 7.15. The summed E-state index contributed by atoms with van der Waals surface area (Å²) < 4.78 is 4.80. The van der Waals surface area contributed by atoms with Gasteiger partial charge < -0.3 is 4.74 Å². The molecule has 0 N–H and O–H groups in total. The second-order valence-corrected chi connectivity index (χ2v) is 5.27. The topological polar surface area (TPSA) is 39.2 Å². The third kappa shape index (κ3) is 2.43. The van der Waals surface area contributed by atoms with Crippen molar-refractivity contribution in [1.82, 2.24) is 4.98 Å². The second-order valence-electron chi connectivity index (χ2n) is 4.24. The molecular formula is C14H15NO2S. The van der Waals surface area contributed by atoms with E-state index in [-0.39, 0.29) is 5.97 Å². The van der Waals surface area contributed by atoms with Crippen LogP contribution < -0.4 is 0 Å². The standard InChI is InChI=1S/C14H15NO2S/c1-9(2)13-15-11(14(16)17-3)12(18-13)10-7-5-4-6-8-10/h4-9H,1-3H3. The van der Waals surface area contributed by atoms with E-state index >= 15 is 0 Å². The van der Waals surface area contributed by atoms with Crippen molar-refractivity contribution >= 4 is 17.3 Å². The van der Waals surface area contributed by atoms with Crippen LogP contribution in [0, 0.1) is 0 Å². The number of carbonyl (C=O) groups is 1. The summed E-state index contributed by atoms with van der Waals surface area (Å²) in [5.74, 6) is -0.0760. The first-order valence-electron chi connectivity index (χ1n) is 5.78. The van der Waals surface area contributed by atoms with E-state index in [1.54, 1.807) is 11.3 Å². The summed E-state index contributed by atoms with van der Waals surface area (Å²) in [4.78, 5) is 17.0. The van der Waals surface area contributed by atoms with Crippen molar-refractivity contribution in [3.8, 4) is 10.4 Å². The summed E-state index contributed by atoms with van der Waals surface area (Å²) in [6, 6.07) is 9.80. The molecule has 3 nitrogen and oxygen atoms in total. The minimum Gasteiger partial charge on any atom is -0.464 e. The van der Waals surface area contributed by atoms with E-state index in [2.05, 4.69) is 18.8 Å². The van der Waals surface area contributed by atoms with E-state index < -0.39 is 0 Å². The summed E-state index contributed by atoms with van der Waals surface area (Å²) in [6.45, 7) is 4.13. The van der Waals surface area contributed by atoms with Crippen LogP contribution in [0.2, 0.25) is 0 Å². The van der Waals surface area contributed by atoms with Gasteiger partial charge in [0, 0.05) is 5.92 Å². The average molecular weight is 261 g/mol. The molecule has 0 fully saturated rings. The lowest BCUT2D eigenvalue weighted by Crippen LogP contribution is -2.03. The fraction of sp³-hybridized carbons (Fsp3) is 0.286. The highest BCUT2D eigenvalue weighted by Gasteiger charge is 2.20. The first-order chi connectivity index (χ1) is 8.63. The number of ether oxygens (including phenoxy) is 1. The highest BCUT2D eigenvalue weighted by Crippen LogP contribution is 2.33. The molecule has 18 heavy (non-hydrogen) atoms. The molecule has 1 aromatic heterocycles. The first kappa shape index (κ1) is 12.8. The monoisotopic (exact) mass is 261 g/mol. The number of thiazole rings is 1. The van der Waals surface area contributed by atoms with Crippen molar-refractivity contribution in [2.45, 2.75) is 19.8 Å². The van der Waals surface area contributed by atoms with E-state index in [4.69, 9.17) is 4.74 Å². The van der Waals surface area contributed by atoms with Gasteiger partial charge in [-0.1, -0.05) is 44.2 Å². The molecular weight excluding hydrogens is 246 g/mol. The molecule has 0 saturated carbocycles. The minimum atomic E-state index is -0.378. The predicted octanol–water partition coefficient (Wildman–Crippen LogP) is 3.72. The second kappa shape index (κ2) is 5.31.